The Morgan fingerprint density at radius 1 is 1.29 bits per heavy atom. The van der Waals surface area contributed by atoms with Gasteiger partial charge < -0.3 is 20.1 Å². The zero-order valence-electron chi connectivity index (χ0n) is 18.0. The number of hydrogen-bond acceptors (Lipinski definition) is 7. The van der Waals surface area contributed by atoms with E-state index in [1.165, 1.54) is 6.42 Å². The zero-order valence-corrected chi connectivity index (χ0v) is 18.0. The van der Waals surface area contributed by atoms with Crippen molar-refractivity contribution in [2.75, 3.05) is 24.6 Å². The average Bonchev–Trinajstić information content (AvgIpc) is 3.13. The van der Waals surface area contributed by atoms with Crippen LogP contribution in [0.4, 0.5) is 5.82 Å². The number of anilines is 1. The monoisotopic (exact) mass is 418 g/mol. The second-order valence-corrected chi connectivity index (χ2v) is 9.22. The topological polar surface area (TPSA) is 98.7 Å². The molecule has 3 saturated heterocycles. The fourth-order valence-corrected chi connectivity index (χ4v) is 4.47. The molecule has 0 aliphatic carbocycles. The third kappa shape index (κ3) is 3.71. The molecule has 31 heavy (non-hydrogen) atoms. The highest BCUT2D eigenvalue weighted by molar-refractivity contribution is 5.85. The van der Waals surface area contributed by atoms with Gasteiger partial charge in [-0.1, -0.05) is 0 Å². The van der Waals surface area contributed by atoms with E-state index in [9.17, 15) is 10.4 Å². The molecule has 6 rings (SSSR count). The molecule has 0 radical (unpaired) electrons. The summed E-state index contributed by atoms with van der Waals surface area (Å²) in [5.41, 5.74) is 3.08. The number of aliphatic hydroxyl groups is 1. The molecule has 3 aromatic rings. The lowest BCUT2D eigenvalue weighted by Crippen LogP contribution is -2.67. The van der Waals surface area contributed by atoms with E-state index in [0.717, 1.165) is 41.1 Å². The number of fused-ring (bicyclic) bond motifs is 3. The predicted octanol–water partition coefficient (Wildman–Crippen LogP) is 2.28. The first-order chi connectivity index (χ1) is 14.8. The smallest absolute Gasteiger partial charge is 0.138 e. The van der Waals surface area contributed by atoms with Crippen molar-refractivity contribution in [3.63, 3.8) is 0 Å². The van der Waals surface area contributed by atoms with E-state index >= 15 is 0 Å². The van der Waals surface area contributed by atoms with Crippen LogP contribution in [0.1, 0.15) is 31.4 Å². The second kappa shape index (κ2) is 7.22. The van der Waals surface area contributed by atoms with E-state index < -0.39 is 5.60 Å². The maximum atomic E-state index is 10.0. The van der Waals surface area contributed by atoms with Crippen molar-refractivity contribution >= 4 is 11.3 Å². The number of nitrogens with zero attached hydrogens (tertiary/aromatic N) is 5. The molecule has 2 atom stereocenters. The van der Waals surface area contributed by atoms with Gasteiger partial charge in [-0.15, -0.1) is 0 Å². The summed E-state index contributed by atoms with van der Waals surface area (Å²) in [6, 6.07) is 7.35. The molecule has 2 bridgehead atoms. The maximum Gasteiger partial charge on any atom is 0.138 e. The number of nitrogens with one attached hydrogen (secondary N) is 1. The number of piperazine rings is 1. The summed E-state index contributed by atoms with van der Waals surface area (Å²) in [4.78, 5) is 7.15. The quantitative estimate of drug-likeness (QED) is 0.656. The normalized spacial score (nSPS) is 20.4. The van der Waals surface area contributed by atoms with Crippen LogP contribution in [0.5, 0.6) is 5.75 Å². The first-order valence-electron chi connectivity index (χ1n) is 10.6. The van der Waals surface area contributed by atoms with Gasteiger partial charge in [0.15, 0.2) is 0 Å². The van der Waals surface area contributed by atoms with Gasteiger partial charge in [-0.3, -0.25) is 0 Å². The Bertz CT molecular complexity index is 1170. The predicted molar refractivity (Wildman–Crippen MR) is 117 cm³/mol. The van der Waals surface area contributed by atoms with Crippen LogP contribution < -0.4 is 15.0 Å². The lowest BCUT2D eigenvalue weighted by atomic mass is 9.91. The molecule has 160 valence electrons. The number of aryl methyl sites for hydroxylation is 1. The number of hydrogen-bond donors (Lipinski definition) is 2. The summed E-state index contributed by atoms with van der Waals surface area (Å²) in [6.07, 6.45) is 6.40. The Morgan fingerprint density at radius 2 is 2.03 bits per heavy atom. The highest BCUT2D eigenvalue weighted by Crippen LogP contribution is 2.34. The summed E-state index contributed by atoms with van der Waals surface area (Å²) in [6.45, 7) is 7.57. The fraction of sp³-hybridized carbons (Fsp3) is 0.435. The summed E-state index contributed by atoms with van der Waals surface area (Å²) in [7, 11) is 0. The van der Waals surface area contributed by atoms with Gasteiger partial charge in [0.05, 0.1) is 29.1 Å². The first kappa shape index (κ1) is 19.8. The number of aromatic nitrogens is 3. The lowest BCUT2D eigenvalue weighted by Gasteiger charge is -2.49. The Labute approximate surface area is 181 Å². The Hall–Kier alpha value is -3.15. The van der Waals surface area contributed by atoms with Crippen molar-refractivity contribution in [1.29, 1.82) is 5.26 Å². The molecule has 0 aromatic carbocycles. The third-order valence-electron chi connectivity index (χ3n) is 5.88. The zero-order chi connectivity index (χ0) is 21.8. The van der Waals surface area contributed by atoms with Crippen molar-refractivity contribution in [2.45, 2.75) is 44.9 Å². The summed E-state index contributed by atoms with van der Waals surface area (Å²) in [5.74, 6) is 1.58. The maximum absolute atomic E-state index is 10.0. The average molecular weight is 419 g/mol. The minimum absolute atomic E-state index is 0.145. The molecule has 3 aliphatic rings. The van der Waals surface area contributed by atoms with Gasteiger partial charge in [0.1, 0.15) is 24.2 Å². The molecule has 8 nitrogen and oxygen atoms in total. The van der Waals surface area contributed by atoms with Crippen LogP contribution >= 0.6 is 0 Å². The van der Waals surface area contributed by atoms with Gasteiger partial charge in [0.2, 0.25) is 0 Å². The van der Waals surface area contributed by atoms with Crippen molar-refractivity contribution < 1.29 is 9.84 Å². The molecule has 3 aromatic heterocycles. The lowest BCUT2D eigenvalue weighted by molar-refractivity contribution is 0.0283. The number of nitriles is 1. The van der Waals surface area contributed by atoms with Gasteiger partial charge in [-0.2, -0.15) is 10.4 Å². The van der Waals surface area contributed by atoms with Crippen LogP contribution in [0, 0.1) is 18.3 Å². The van der Waals surface area contributed by atoms with Gasteiger partial charge in [0.25, 0.3) is 0 Å². The minimum atomic E-state index is -0.957. The molecule has 3 aliphatic heterocycles. The molecule has 2 N–H and O–H groups in total. The number of pyridine rings is 2. The summed E-state index contributed by atoms with van der Waals surface area (Å²) in [5, 5.41) is 27.5. The van der Waals surface area contributed by atoms with Crippen molar-refractivity contribution in [1.82, 2.24) is 19.9 Å². The van der Waals surface area contributed by atoms with Crippen LogP contribution in [0.15, 0.2) is 30.7 Å². The molecule has 0 amide bonds. The van der Waals surface area contributed by atoms with Crippen molar-refractivity contribution in [3.05, 3.63) is 41.9 Å². The minimum Gasteiger partial charge on any atom is -0.489 e. The van der Waals surface area contributed by atoms with Gasteiger partial charge in [0, 0.05) is 42.5 Å². The highest BCUT2D eigenvalue weighted by Gasteiger charge is 2.37. The van der Waals surface area contributed by atoms with Gasteiger partial charge in [-0.25, -0.2) is 9.50 Å². The van der Waals surface area contributed by atoms with Crippen molar-refractivity contribution in [3.8, 4) is 22.9 Å². The molecule has 3 fully saturated rings. The van der Waals surface area contributed by atoms with E-state index in [-0.39, 0.29) is 6.61 Å². The third-order valence-corrected chi connectivity index (χ3v) is 5.88. The highest BCUT2D eigenvalue weighted by atomic mass is 16.5. The first-order valence-corrected chi connectivity index (χ1v) is 10.6. The molecule has 6 heterocycles. The van der Waals surface area contributed by atoms with E-state index in [2.05, 4.69) is 34.4 Å². The largest absolute Gasteiger partial charge is 0.489 e. The summed E-state index contributed by atoms with van der Waals surface area (Å²) < 4.78 is 7.47. The van der Waals surface area contributed by atoms with E-state index in [1.807, 2.05) is 12.3 Å². The van der Waals surface area contributed by atoms with E-state index in [4.69, 9.17) is 9.72 Å². The molecular weight excluding hydrogens is 392 g/mol. The molecule has 8 heteroatoms. The van der Waals surface area contributed by atoms with E-state index in [1.54, 1.807) is 30.8 Å². The van der Waals surface area contributed by atoms with Crippen LogP contribution in [0.25, 0.3) is 16.6 Å². The Morgan fingerprint density at radius 3 is 2.68 bits per heavy atom. The molecular formula is C23H26N6O2. The molecule has 0 spiro atoms. The second-order valence-electron chi connectivity index (χ2n) is 9.22. The van der Waals surface area contributed by atoms with Crippen LogP contribution in [0.3, 0.4) is 0 Å². The molecule has 2 unspecified atom stereocenters. The Kier molecular flexibility index (Phi) is 4.61. The van der Waals surface area contributed by atoms with Crippen LogP contribution in [0.2, 0.25) is 0 Å². The number of piperidine rings is 1. The van der Waals surface area contributed by atoms with Crippen LogP contribution in [-0.4, -0.2) is 57.1 Å². The number of rotatable bonds is 5. The molecule has 0 saturated carbocycles. The van der Waals surface area contributed by atoms with Crippen molar-refractivity contribution in [2.24, 2.45) is 0 Å². The number of ether oxygens (including phenoxy) is 1. The summed E-state index contributed by atoms with van der Waals surface area (Å²) >= 11 is 0. The van der Waals surface area contributed by atoms with Gasteiger partial charge >= 0.3 is 0 Å². The van der Waals surface area contributed by atoms with E-state index in [0.29, 0.717) is 23.4 Å². The van der Waals surface area contributed by atoms with Crippen LogP contribution in [-0.2, 0) is 0 Å². The fourth-order valence-electron chi connectivity index (χ4n) is 4.47. The van der Waals surface area contributed by atoms with Gasteiger partial charge in [-0.05, 0) is 44.9 Å². The Balaban J connectivity index is 1.54. The SMILES string of the molecule is Cc1cc(-c2cc(OCC(C)(C)O)cn3ncc(C#N)c23)cnc1N1CC2CC(C1)N2. The standard InChI is InChI=1S/C23H26N6O2/c1-14-4-15(8-25-22(14)28-10-17-5-18(11-28)27-17)20-6-19(31-13-23(2,3)30)12-29-21(20)16(7-24)9-26-29/h4,6,8-9,12,17-18,27,30H,5,10-11,13H2,1-3H3.